The molecule has 2 heteroatoms. The van der Waals surface area contributed by atoms with Gasteiger partial charge >= 0.3 is 0 Å². The van der Waals surface area contributed by atoms with E-state index in [9.17, 15) is 0 Å². The summed E-state index contributed by atoms with van der Waals surface area (Å²) in [5, 5.41) is 2.75. The number of rotatable bonds is 0. The molecule has 1 atom stereocenters. The van der Waals surface area contributed by atoms with Crippen LogP contribution in [0.1, 0.15) is 13.3 Å². The van der Waals surface area contributed by atoms with Gasteiger partial charge in [0.15, 0.2) is 0 Å². The van der Waals surface area contributed by atoms with Crippen molar-refractivity contribution >= 4 is 0 Å². The third-order valence-electron chi connectivity index (χ3n) is 1.63. The fourth-order valence-electron chi connectivity index (χ4n) is 1.16. The van der Waals surface area contributed by atoms with Crippen molar-refractivity contribution in [2.75, 3.05) is 34.2 Å². The Morgan fingerprint density at radius 1 is 1.33 bits per heavy atom. The lowest BCUT2D eigenvalue weighted by Crippen LogP contribution is -2.12. The molecule has 0 saturated carbocycles. The predicted octanol–water partition coefficient (Wildman–Crippen LogP) is 1.60. The SMILES string of the molecule is C=C.CC1CCN(C)C1.CNC. The minimum atomic E-state index is 0.949. The van der Waals surface area contributed by atoms with E-state index in [2.05, 4.69) is 37.3 Å². The van der Waals surface area contributed by atoms with Crippen LogP contribution in [0.4, 0.5) is 0 Å². The molecule has 0 aromatic heterocycles. The highest BCUT2D eigenvalue weighted by Gasteiger charge is 2.13. The molecular formula is C10H24N2. The summed E-state index contributed by atoms with van der Waals surface area (Å²) < 4.78 is 0. The van der Waals surface area contributed by atoms with Crippen molar-refractivity contribution in [2.45, 2.75) is 13.3 Å². The normalized spacial score (nSPS) is 21.8. The Hall–Kier alpha value is -0.340. The van der Waals surface area contributed by atoms with Gasteiger partial charge in [-0.05, 0) is 40.0 Å². The molecule has 12 heavy (non-hydrogen) atoms. The number of likely N-dealkylation sites (tertiary alicyclic amines) is 1. The molecule has 1 saturated heterocycles. The summed E-state index contributed by atoms with van der Waals surface area (Å²) in [5.41, 5.74) is 0. The summed E-state index contributed by atoms with van der Waals surface area (Å²) in [6.45, 7) is 10.9. The molecule has 1 fully saturated rings. The highest BCUT2D eigenvalue weighted by atomic mass is 15.1. The Morgan fingerprint density at radius 2 is 1.75 bits per heavy atom. The van der Waals surface area contributed by atoms with Crippen molar-refractivity contribution in [3.63, 3.8) is 0 Å². The Morgan fingerprint density at radius 3 is 1.83 bits per heavy atom. The van der Waals surface area contributed by atoms with Crippen LogP contribution >= 0.6 is 0 Å². The van der Waals surface area contributed by atoms with Gasteiger partial charge in [-0.25, -0.2) is 0 Å². The predicted molar refractivity (Wildman–Crippen MR) is 57.5 cm³/mol. The van der Waals surface area contributed by atoms with E-state index >= 15 is 0 Å². The maximum absolute atomic E-state index is 3.00. The molecule has 0 aromatic carbocycles. The molecule has 0 radical (unpaired) electrons. The maximum Gasteiger partial charge on any atom is 0.000445 e. The average molecular weight is 172 g/mol. The molecule has 74 valence electrons. The lowest BCUT2D eigenvalue weighted by Gasteiger charge is -2.03. The van der Waals surface area contributed by atoms with E-state index in [4.69, 9.17) is 0 Å². The summed E-state index contributed by atoms with van der Waals surface area (Å²) in [4.78, 5) is 2.38. The van der Waals surface area contributed by atoms with Gasteiger partial charge in [-0.3, -0.25) is 0 Å². The van der Waals surface area contributed by atoms with Crippen LogP contribution < -0.4 is 5.32 Å². The first-order valence-corrected chi connectivity index (χ1v) is 4.47. The van der Waals surface area contributed by atoms with Gasteiger partial charge in [0.05, 0.1) is 0 Å². The van der Waals surface area contributed by atoms with Crippen molar-refractivity contribution in [2.24, 2.45) is 5.92 Å². The molecule has 1 N–H and O–H groups in total. The zero-order valence-electron chi connectivity index (χ0n) is 9.06. The van der Waals surface area contributed by atoms with E-state index < -0.39 is 0 Å². The first-order valence-electron chi connectivity index (χ1n) is 4.47. The fourth-order valence-corrected chi connectivity index (χ4v) is 1.16. The van der Waals surface area contributed by atoms with Crippen LogP contribution in [0.5, 0.6) is 0 Å². The van der Waals surface area contributed by atoms with Gasteiger partial charge in [-0.2, -0.15) is 0 Å². The van der Waals surface area contributed by atoms with Crippen molar-refractivity contribution in [1.82, 2.24) is 10.2 Å². The molecule has 1 aliphatic heterocycles. The van der Waals surface area contributed by atoms with Gasteiger partial charge in [0.1, 0.15) is 0 Å². The van der Waals surface area contributed by atoms with Crippen LogP contribution in [0.2, 0.25) is 0 Å². The Bertz CT molecular complexity index is 75.9. The number of nitrogens with zero attached hydrogens (tertiary/aromatic N) is 1. The first-order chi connectivity index (χ1) is 5.70. The number of nitrogens with one attached hydrogen (secondary N) is 1. The summed E-state index contributed by atoms with van der Waals surface area (Å²) in [6, 6.07) is 0. The van der Waals surface area contributed by atoms with Crippen molar-refractivity contribution < 1.29 is 0 Å². The van der Waals surface area contributed by atoms with Crippen LogP contribution in [0.15, 0.2) is 13.2 Å². The van der Waals surface area contributed by atoms with E-state index in [1.165, 1.54) is 19.5 Å². The van der Waals surface area contributed by atoms with E-state index in [1.807, 2.05) is 14.1 Å². The largest absolute Gasteiger partial charge is 0.323 e. The van der Waals surface area contributed by atoms with Gasteiger partial charge in [-0.1, -0.05) is 6.92 Å². The molecule has 1 rings (SSSR count). The second-order valence-corrected chi connectivity index (χ2v) is 3.16. The standard InChI is InChI=1S/C6H13N.C2H7N.C2H4/c1-6-3-4-7(2)5-6;1-3-2;1-2/h6H,3-5H2,1-2H3;3H,1-2H3;1-2H2. The molecule has 0 amide bonds. The summed E-state index contributed by atoms with van der Waals surface area (Å²) in [7, 11) is 5.93. The molecule has 2 nitrogen and oxygen atoms in total. The highest BCUT2D eigenvalue weighted by Crippen LogP contribution is 2.11. The maximum atomic E-state index is 3.00. The number of hydrogen-bond acceptors (Lipinski definition) is 2. The first kappa shape index (κ1) is 14.2. The van der Waals surface area contributed by atoms with Crippen molar-refractivity contribution in [1.29, 1.82) is 0 Å². The van der Waals surface area contributed by atoms with Crippen LogP contribution in [0.3, 0.4) is 0 Å². The summed E-state index contributed by atoms with van der Waals surface area (Å²) in [5.74, 6) is 0.949. The lowest BCUT2D eigenvalue weighted by atomic mass is 10.2. The average Bonchev–Trinajstić information content (AvgIpc) is 2.40. The second kappa shape index (κ2) is 10.7. The molecule has 0 spiro atoms. The highest BCUT2D eigenvalue weighted by molar-refractivity contribution is 4.67. The second-order valence-electron chi connectivity index (χ2n) is 3.16. The van der Waals surface area contributed by atoms with Gasteiger partial charge < -0.3 is 10.2 Å². The van der Waals surface area contributed by atoms with Crippen LogP contribution in [-0.2, 0) is 0 Å². The molecule has 0 aromatic rings. The Kier molecular flexibility index (Phi) is 12.6. The molecule has 1 heterocycles. The van der Waals surface area contributed by atoms with Crippen LogP contribution in [0.25, 0.3) is 0 Å². The van der Waals surface area contributed by atoms with Crippen LogP contribution in [0, 0.1) is 5.92 Å². The minimum absolute atomic E-state index is 0.949. The smallest absolute Gasteiger partial charge is 0.000445 e. The molecule has 1 unspecified atom stereocenters. The van der Waals surface area contributed by atoms with Gasteiger partial charge in [0, 0.05) is 6.54 Å². The monoisotopic (exact) mass is 172 g/mol. The molecular weight excluding hydrogens is 148 g/mol. The zero-order chi connectivity index (χ0) is 9.98. The quantitative estimate of drug-likeness (QED) is 0.558. The number of hydrogen-bond donors (Lipinski definition) is 1. The van der Waals surface area contributed by atoms with Gasteiger partial charge in [-0.15, -0.1) is 13.2 Å². The van der Waals surface area contributed by atoms with Crippen molar-refractivity contribution in [3.8, 4) is 0 Å². The van der Waals surface area contributed by atoms with Crippen LogP contribution in [-0.4, -0.2) is 39.1 Å². The third kappa shape index (κ3) is 9.66. The van der Waals surface area contributed by atoms with E-state index in [0.717, 1.165) is 5.92 Å². The van der Waals surface area contributed by atoms with Crippen molar-refractivity contribution in [3.05, 3.63) is 13.2 Å². The zero-order valence-corrected chi connectivity index (χ0v) is 9.06. The molecule has 0 bridgehead atoms. The van der Waals surface area contributed by atoms with E-state index in [1.54, 1.807) is 0 Å². The molecule has 1 aliphatic rings. The Balaban J connectivity index is 0. The van der Waals surface area contributed by atoms with E-state index in [0.29, 0.717) is 0 Å². The summed E-state index contributed by atoms with van der Waals surface area (Å²) in [6.07, 6.45) is 1.40. The van der Waals surface area contributed by atoms with E-state index in [-0.39, 0.29) is 0 Å². The van der Waals surface area contributed by atoms with Gasteiger partial charge in [0.25, 0.3) is 0 Å². The topological polar surface area (TPSA) is 15.3 Å². The molecule has 0 aliphatic carbocycles. The fraction of sp³-hybridized carbons (Fsp3) is 0.800. The Labute approximate surface area is 77.6 Å². The summed E-state index contributed by atoms with van der Waals surface area (Å²) >= 11 is 0. The van der Waals surface area contributed by atoms with Gasteiger partial charge in [0.2, 0.25) is 0 Å². The lowest BCUT2D eigenvalue weighted by molar-refractivity contribution is 0.402. The third-order valence-corrected chi connectivity index (χ3v) is 1.63. The minimum Gasteiger partial charge on any atom is -0.323 e.